The molecule has 1 N–H and O–H groups in total. The first-order chi connectivity index (χ1) is 18.2. The molecule has 1 amide bonds. The number of rotatable bonds is 8. The van der Waals surface area contributed by atoms with Crippen molar-refractivity contribution < 1.29 is 29.2 Å². The molecule has 1 aliphatic rings. The van der Waals surface area contributed by atoms with Crippen LogP contribution in [0, 0.1) is 17.0 Å². The van der Waals surface area contributed by atoms with Crippen LogP contribution in [0.5, 0.6) is 0 Å². The number of aliphatic hydroxyl groups excluding tert-OH is 1. The maximum absolute atomic E-state index is 13.2. The van der Waals surface area contributed by atoms with Gasteiger partial charge in [0.2, 0.25) is 0 Å². The largest absolute Gasteiger partial charge is 0.507 e. The van der Waals surface area contributed by atoms with Crippen molar-refractivity contribution in [3.8, 4) is 0 Å². The number of benzene rings is 3. The Bertz CT molecular complexity index is 1440. The number of hydrogen-bond donors (Lipinski definition) is 1. The minimum Gasteiger partial charge on any atom is -0.507 e. The van der Waals surface area contributed by atoms with Gasteiger partial charge in [-0.2, -0.15) is 0 Å². The highest BCUT2D eigenvalue weighted by Gasteiger charge is 2.46. The topological polar surface area (TPSA) is 127 Å². The number of carbonyl (C=O) groups excluding carboxylic acids is 3. The number of Topliss-reactive ketones (excluding diaryl/α,β-unsaturated/α-hetero) is 1. The third-order valence-corrected chi connectivity index (χ3v) is 6.21. The smallest absolute Gasteiger partial charge is 0.338 e. The fourth-order valence-corrected chi connectivity index (χ4v) is 4.37. The molecule has 9 heteroatoms. The van der Waals surface area contributed by atoms with Gasteiger partial charge in [0.15, 0.2) is 0 Å². The summed E-state index contributed by atoms with van der Waals surface area (Å²) in [5, 5.41) is 22.4. The van der Waals surface area contributed by atoms with Crippen LogP contribution in [0.15, 0.2) is 78.4 Å². The van der Waals surface area contributed by atoms with Crippen LogP contribution in [0.2, 0.25) is 0 Å². The van der Waals surface area contributed by atoms with Crippen molar-refractivity contribution in [3.63, 3.8) is 0 Å². The Morgan fingerprint density at radius 3 is 2.39 bits per heavy atom. The van der Waals surface area contributed by atoms with Crippen LogP contribution in [-0.2, 0) is 20.9 Å². The van der Waals surface area contributed by atoms with Gasteiger partial charge in [-0.3, -0.25) is 19.7 Å². The Kier molecular flexibility index (Phi) is 7.66. The van der Waals surface area contributed by atoms with Gasteiger partial charge in [0.25, 0.3) is 17.4 Å². The molecule has 1 unspecified atom stereocenters. The first kappa shape index (κ1) is 26.3. The molecule has 1 aliphatic heterocycles. The van der Waals surface area contributed by atoms with E-state index in [-0.39, 0.29) is 23.4 Å². The van der Waals surface area contributed by atoms with E-state index in [2.05, 4.69) is 0 Å². The SMILES string of the molecule is CCCOC(=O)c1ccc(CN2C(=O)C(=O)/C(=C(\O)c3cccc([N+](=O)[O-])c3)C2c2cccc(C)c2)cc1. The number of ketones is 1. The molecular weight excluding hydrogens is 488 g/mol. The van der Waals surface area contributed by atoms with Gasteiger partial charge in [0.1, 0.15) is 5.76 Å². The van der Waals surface area contributed by atoms with Crippen molar-refractivity contribution in [2.75, 3.05) is 6.61 Å². The minimum absolute atomic E-state index is 0.0270. The molecule has 0 aliphatic carbocycles. The van der Waals surface area contributed by atoms with Gasteiger partial charge in [-0.1, -0.05) is 61.0 Å². The van der Waals surface area contributed by atoms with Crippen LogP contribution in [0.25, 0.3) is 5.76 Å². The summed E-state index contributed by atoms with van der Waals surface area (Å²) in [5.74, 6) is -2.64. The van der Waals surface area contributed by atoms with Gasteiger partial charge in [-0.25, -0.2) is 4.79 Å². The van der Waals surface area contributed by atoms with Gasteiger partial charge in [-0.05, 0) is 36.6 Å². The third-order valence-electron chi connectivity index (χ3n) is 6.21. The third kappa shape index (κ3) is 5.31. The summed E-state index contributed by atoms with van der Waals surface area (Å²) >= 11 is 0. The number of amides is 1. The Hall–Kier alpha value is -4.79. The number of carbonyl (C=O) groups is 3. The summed E-state index contributed by atoms with van der Waals surface area (Å²) in [4.78, 5) is 50.6. The molecule has 1 saturated heterocycles. The molecule has 0 spiro atoms. The standard InChI is InChI=1S/C29H26N2O7/c1-3-14-38-29(35)20-12-10-19(11-13-20)17-30-25(21-7-4-6-18(2)15-21)24(27(33)28(30)34)26(32)22-8-5-9-23(16-22)31(36)37/h4-13,15-16,25,32H,3,14,17H2,1-2H3/b26-24-. The van der Waals surface area contributed by atoms with Gasteiger partial charge in [-0.15, -0.1) is 0 Å². The van der Waals surface area contributed by atoms with Gasteiger partial charge < -0.3 is 14.7 Å². The maximum Gasteiger partial charge on any atom is 0.338 e. The first-order valence-corrected chi connectivity index (χ1v) is 12.1. The Balaban J connectivity index is 1.76. The summed E-state index contributed by atoms with van der Waals surface area (Å²) in [6.07, 6.45) is 0.703. The summed E-state index contributed by atoms with van der Waals surface area (Å²) in [5.41, 5.74) is 2.17. The quantitative estimate of drug-likeness (QED) is 0.111. The van der Waals surface area contributed by atoms with Crippen LogP contribution in [0.3, 0.4) is 0 Å². The van der Waals surface area contributed by atoms with Crippen LogP contribution in [0.4, 0.5) is 5.69 Å². The van der Waals surface area contributed by atoms with Crippen LogP contribution >= 0.6 is 0 Å². The molecule has 0 saturated carbocycles. The zero-order chi connectivity index (χ0) is 27.4. The van der Waals surface area contributed by atoms with Crippen molar-refractivity contribution in [2.45, 2.75) is 32.9 Å². The lowest BCUT2D eigenvalue weighted by Gasteiger charge is -2.26. The lowest BCUT2D eigenvalue weighted by molar-refractivity contribution is -0.384. The van der Waals surface area contributed by atoms with Crippen molar-refractivity contribution in [1.29, 1.82) is 0 Å². The zero-order valence-electron chi connectivity index (χ0n) is 20.9. The molecule has 9 nitrogen and oxygen atoms in total. The number of nitrogens with zero attached hydrogens (tertiary/aromatic N) is 2. The summed E-state index contributed by atoms with van der Waals surface area (Å²) < 4.78 is 5.15. The molecule has 1 atom stereocenters. The summed E-state index contributed by atoms with van der Waals surface area (Å²) in [7, 11) is 0. The van der Waals surface area contributed by atoms with Crippen molar-refractivity contribution in [1.82, 2.24) is 4.90 Å². The van der Waals surface area contributed by atoms with E-state index < -0.39 is 34.4 Å². The molecule has 194 valence electrons. The van der Waals surface area contributed by atoms with E-state index in [1.54, 1.807) is 36.4 Å². The number of aryl methyl sites for hydroxylation is 1. The van der Waals surface area contributed by atoms with Crippen molar-refractivity contribution in [3.05, 3.63) is 116 Å². The Labute approximate surface area is 219 Å². The molecule has 3 aromatic rings. The Morgan fingerprint density at radius 1 is 1.03 bits per heavy atom. The van der Waals surface area contributed by atoms with Gasteiger partial charge in [0, 0.05) is 24.2 Å². The number of hydrogen-bond acceptors (Lipinski definition) is 7. The van der Waals surface area contributed by atoms with Crippen LogP contribution < -0.4 is 0 Å². The second-order valence-electron chi connectivity index (χ2n) is 8.98. The van der Waals surface area contributed by atoms with E-state index in [9.17, 15) is 29.6 Å². The van der Waals surface area contributed by atoms with E-state index in [1.165, 1.54) is 23.1 Å². The monoisotopic (exact) mass is 514 g/mol. The van der Waals surface area contributed by atoms with Crippen LogP contribution in [0.1, 0.15) is 52.0 Å². The molecule has 1 heterocycles. The number of ether oxygens (including phenoxy) is 1. The number of non-ortho nitro benzene ring substituents is 1. The first-order valence-electron chi connectivity index (χ1n) is 12.1. The van der Waals surface area contributed by atoms with Crippen molar-refractivity contribution >= 4 is 29.1 Å². The maximum atomic E-state index is 13.2. The molecular formula is C29H26N2O7. The molecule has 3 aromatic carbocycles. The van der Waals surface area contributed by atoms with Crippen molar-refractivity contribution in [2.24, 2.45) is 0 Å². The highest BCUT2D eigenvalue weighted by Crippen LogP contribution is 2.40. The molecule has 0 radical (unpaired) electrons. The number of nitro benzene ring substituents is 1. The summed E-state index contributed by atoms with van der Waals surface area (Å²) in [6.45, 7) is 4.10. The van der Waals surface area contributed by atoms with Gasteiger partial charge >= 0.3 is 5.97 Å². The number of aliphatic hydroxyl groups is 1. The molecule has 4 rings (SSSR count). The summed E-state index contributed by atoms with van der Waals surface area (Å²) in [6, 6.07) is 18.1. The lowest BCUT2D eigenvalue weighted by Crippen LogP contribution is -2.29. The molecule has 38 heavy (non-hydrogen) atoms. The van der Waals surface area contributed by atoms with E-state index in [4.69, 9.17) is 4.74 Å². The normalized spacial score (nSPS) is 16.5. The van der Waals surface area contributed by atoms with E-state index in [0.717, 1.165) is 11.6 Å². The van der Waals surface area contributed by atoms with Crippen LogP contribution in [-0.4, -0.2) is 39.2 Å². The molecule has 0 aromatic heterocycles. The average Bonchev–Trinajstić information content (AvgIpc) is 3.16. The van der Waals surface area contributed by atoms with E-state index in [0.29, 0.717) is 29.7 Å². The van der Waals surface area contributed by atoms with E-state index >= 15 is 0 Å². The molecule has 0 bridgehead atoms. The second kappa shape index (κ2) is 11.1. The predicted molar refractivity (Wildman–Crippen MR) is 139 cm³/mol. The highest BCUT2D eigenvalue weighted by molar-refractivity contribution is 6.46. The molecule has 1 fully saturated rings. The Morgan fingerprint density at radius 2 is 1.74 bits per heavy atom. The lowest BCUT2D eigenvalue weighted by atomic mass is 9.94. The van der Waals surface area contributed by atoms with E-state index in [1.807, 2.05) is 26.0 Å². The predicted octanol–water partition coefficient (Wildman–Crippen LogP) is 5.09. The fourth-order valence-electron chi connectivity index (χ4n) is 4.37. The highest BCUT2D eigenvalue weighted by atomic mass is 16.6. The minimum atomic E-state index is -0.927. The number of likely N-dealkylation sites (tertiary alicyclic amines) is 1. The van der Waals surface area contributed by atoms with Gasteiger partial charge in [0.05, 0.1) is 28.7 Å². The average molecular weight is 515 g/mol. The zero-order valence-corrected chi connectivity index (χ0v) is 20.9. The number of nitro groups is 1. The fraction of sp³-hybridized carbons (Fsp3) is 0.207. The second-order valence-corrected chi connectivity index (χ2v) is 8.98. The number of esters is 1.